The van der Waals surface area contributed by atoms with Crippen molar-refractivity contribution in [2.24, 2.45) is 5.92 Å². The van der Waals surface area contributed by atoms with E-state index < -0.39 is 0 Å². The monoisotopic (exact) mass is 288 g/mol. The fraction of sp³-hybridized carbons (Fsp3) is 0.533. The van der Waals surface area contributed by atoms with Crippen LogP contribution in [0.2, 0.25) is 0 Å². The number of carbonyl (C=O) groups excluding carboxylic acids is 2. The van der Waals surface area contributed by atoms with Gasteiger partial charge in [0.25, 0.3) is 5.91 Å². The molecule has 2 amide bonds. The molecule has 6 nitrogen and oxygen atoms in total. The minimum atomic E-state index is -0.0255. The van der Waals surface area contributed by atoms with Crippen LogP contribution in [0.5, 0.6) is 0 Å². The molecule has 2 aliphatic heterocycles. The summed E-state index contributed by atoms with van der Waals surface area (Å²) in [7, 11) is 1.82. The number of likely N-dealkylation sites (tertiary alicyclic amines) is 1. The van der Waals surface area contributed by atoms with Gasteiger partial charge in [-0.15, -0.1) is 0 Å². The minimum Gasteiger partial charge on any atom is -0.388 e. The molecule has 3 rings (SSSR count). The molecular formula is C15H20N4O2. The van der Waals surface area contributed by atoms with E-state index in [2.05, 4.69) is 15.6 Å². The Morgan fingerprint density at radius 2 is 2.33 bits per heavy atom. The van der Waals surface area contributed by atoms with E-state index in [9.17, 15) is 9.59 Å². The Bertz CT molecular complexity index is 560. The molecule has 0 aliphatic carbocycles. The quantitative estimate of drug-likeness (QED) is 0.846. The van der Waals surface area contributed by atoms with E-state index in [-0.39, 0.29) is 17.9 Å². The van der Waals surface area contributed by atoms with E-state index >= 15 is 0 Å². The molecule has 2 N–H and O–H groups in total. The lowest BCUT2D eigenvalue weighted by molar-refractivity contribution is -0.125. The number of nitrogens with one attached hydrogen (secondary N) is 2. The van der Waals surface area contributed by atoms with E-state index in [4.69, 9.17) is 0 Å². The number of rotatable bonds is 2. The number of anilines is 1. The number of hydrogen-bond donors (Lipinski definition) is 2. The highest BCUT2D eigenvalue weighted by Crippen LogP contribution is 2.26. The predicted molar refractivity (Wildman–Crippen MR) is 79.0 cm³/mol. The van der Waals surface area contributed by atoms with Crippen LogP contribution >= 0.6 is 0 Å². The Morgan fingerprint density at radius 1 is 1.48 bits per heavy atom. The van der Waals surface area contributed by atoms with Gasteiger partial charge in [0.1, 0.15) is 5.69 Å². The number of piperidine rings is 2. The van der Waals surface area contributed by atoms with Crippen molar-refractivity contribution in [1.29, 1.82) is 0 Å². The average molecular weight is 288 g/mol. The summed E-state index contributed by atoms with van der Waals surface area (Å²) in [5.74, 6) is 0.481. The van der Waals surface area contributed by atoms with E-state index in [1.807, 2.05) is 18.0 Å². The van der Waals surface area contributed by atoms with Crippen molar-refractivity contribution >= 4 is 17.5 Å². The fourth-order valence-electron chi connectivity index (χ4n) is 3.16. The second-order valence-corrected chi connectivity index (χ2v) is 5.69. The molecule has 2 fully saturated rings. The summed E-state index contributed by atoms with van der Waals surface area (Å²) in [6, 6.07) is 3.84. The van der Waals surface area contributed by atoms with Crippen LogP contribution in [-0.2, 0) is 4.79 Å². The summed E-state index contributed by atoms with van der Waals surface area (Å²) in [6.45, 7) is 1.38. The molecule has 0 radical (unpaired) electrons. The van der Waals surface area contributed by atoms with Gasteiger partial charge in [0.2, 0.25) is 5.91 Å². The van der Waals surface area contributed by atoms with Gasteiger partial charge >= 0.3 is 0 Å². The third kappa shape index (κ3) is 2.84. The van der Waals surface area contributed by atoms with Crippen LogP contribution in [0.3, 0.4) is 0 Å². The van der Waals surface area contributed by atoms with Crippen LogP contribution in [0, 0.1) is 5.92 Å². The second kappa shape index (κ2) is 5.71. The Labute approximate surface area is 123 Å². The zero-order chi connectivity index (χ0) is 14.8. The van der Waals surface area contributed by atoms with E-state index in [0.717, 1.165) is 18.5 Å². The van der Waals surface area contributed by atoms with E-state index in [0.29, 0.717) is 31.1 Å². The first-order valence-electron chi connectivity index (χ1n) is 7.40. The average Bonchev–Trinajstić information content (AvgIpc) is 2.53. The van der Waals surface area contributed by atoms with Gasteiger partial charge in [-0.3, -0.25) is 14.6 Å². The van der Waals surface area contributed by atoms with Gasteiger partial charge in [0.15, 0.2) is 0 Å². The molecule has 112 valence electrons. The Balaban J connectivity index is 1.70. The van der Waals surface area contributed by atoms with E-state index in [1.165, 1.54) is 0 Å². The summed E-state index contributed by atoms with van der Waals surface area (Å²) in [4.78, 5) is 30.0. The molecule has 0 bridgehead atoms. The first-order chi connectivity index (χ1) is 10.2. The van der Waals surface area contributed by atoms with Crippen molar-refractivity contribution in [3.63, 3.8) is 0 Å². The summed E-state index contributed by atoms with van der Waals surface area (Å²) in [5.41, 5.74) is 1.35. The van der Waals surface area contributed by atoms with E-state index in [1.54, 1.807) is 12.3 Å². The Morgan fingerprint density at radius 3 is 3.14 bits per heavy atom. The SMILES string of the molecule is CNc1ccnc(C(=O)N2CCC3NC(=O)CCC3C2)c1. The molecular weight excluding hydrogens is 268 g/mol. The van der Waals surface area contributed by atoms with Crippen LogP contribution < -0.4 is 10.6 Å². The maximum absolute atomic E-state index is 12.6. The number of pyridine rings is 1. The van der Waals surface area contributed by atoms with Gasteiger partial charge in [0, 0.05) is 44.5 Å². The first-order valence-corrected chi connectivity index (χ1v) is 7.40. The molecule has 1 aromatic heterocycles. The van der Waals surface area contributed by atoms with Crippen LogP contribution in [0.25, 0.3) is 0 Å². The molecule has 2 unspecified atom stereocenters. The molecule has 6 heteroatoms. The maximum Gasteiger partial charge on any atom is 0.272 e. The fourth-order valence-corrected chi connectivity index (χ4v) is 3.16. The molecule has 21 heavy (non-hydrogen) atoms. The zero-order valence-corrected chi connectivity index (χ0v) is 12.1. The van der Waals surface area contributed by atoms with Crippen molar-refractivity contribution in [3.05, 3.63) is 24.0 Å². The van der Waals surface area contributed by atoms with Crippen LogP contribution in [-0.4, -0.2) is 47.9 Å². The first kappa shape index (κ1) is 13.9. The maximum atomic E-state index is 12.6. The topological polar surface area (TPSA) is 74.3 Å². The van der Waals surface area contributed by atoms with Gasteiger partial charge < -0.3 is 15.5 Å². The molecule has 1 aromatic rings. The van der Waals surface area contributed by atoms with Crippen LogP contribution in [0.4, 0.5) is 5.69 Å². The summed E-state index contributed by atoms with van der Waals surface area (Å²) in [6.07, 6.45) is 3.90. The van der Waals surface area contributed by atoms with Crippen molar-refractivity contribution in [2.45, 2.75) is 25.3 Å². The molecule has 0 saturated carbocycles. The van der Waals surface area contributed by atoms with Gasteiger partial charge in [0.05, 0.1) is 0 Å². The smallest absolute Gasteiger partial charge is 0.272 e. The molecule has 0 aromatic carbocycles. The minimum absolute atomic E-state index is 0.0255. The highest BCUT2D eigenvalue weighted by molar-refractivity contribution is 5.93. The Hall–Kier alpha value is -2.11. The summed E-state index contributed by atoms with van der Waals surface area (Å²) in [5, 5.41) is 6.05. The molecule has 3 heterocycles. The standard InChI is InChI=1S/C15H20N4O2/c1-16-11-4-6-17-13(8-11)15(21)19-7-5-12-10(9-19)2-3-14(20)18-12/h4,6,8,10,12H,2-3,5,7,9H2,1H3,(H,16,17)(H,18,20). The lowest BCUT2D eigenvalue weighted by Crippen LogP contribution is -2.55. The zero-order valence-electron chi connectivity index (χ0n) is 12.1. The largest absolute Gasteiger partial charge is 0.388 e. The van der Waals surface area contributed by atoms with Crippen LogP contribution in [0.1, 0.15) is 29.8 Å². The van der Waals surface area contributed by atoms with Crippen molar-refractivity contribution in [2.75, 3.05) is 25.5 Å². The number of aromatic nitrogens is 1. The predicted octanol–water partition coefficient (Wildman–Crippen LogP) is 0.864. The molecule has 2 atom stereocenters. The Kier molecular flexibility index (Phi) is 3.77. The van der Waals surface area contributed by atoms with Gasteiger partial charge in [-0.2, -0.15) is 0 Å². The van der Waals surface area contributed by atoms with Gasteiger partial charge in [-0.05, 0) is 30.9 Å². The number of hydrogen-bond acceptors (Lipinski definition) is 4. The molecule has 2 aliphatic rings. The third-order valence-electron chi connectivity index (χ3n) is 4.38. The third-order valence-corrected chi connectivity index (χ3v) is 4.38. The number of fused-ring (bicyclic) bond motifs is 1. The van der Waals surface area contributed by atoms with Crippen molar-refractivity contribution < 1.29 is 9.59 Å². The molecule has 0 spiro atoms. The summed E-state index contributed by atoms with van der Waals surface area (Å²) >= 11 is 0. The highest BCUT2D eigenvalue weighted by atomic mass is 16.2. The van der Waals surface area contributed by atoms with Gasteiger partial charge in [-0.25, -0.2) is 0 Å². The van der Waals surface area contributed by atoms with Crippen molar-refractivity contribution in [3.8, 4) is 0 Å². The lowest BCUT2D eigenvalue weighted by Gasteiger charge is -2.41. The second-order valence-electron chi connectivity index (χ2n) is 5.69. The van der Waals surface area contributed by atoms with Gasteiger partial charge in [-0.1, -0.05) is 0 Å². The van der Waals surface area contributed by atoms with Crippen LogP contribution in [0.15, 0.2) is 18.3 Å². The number of amides is 2. The van der Waals surface area contributed by atoms with Crippen molar-refractivity contribution in [1.82, 2.24) is 15.2 Å². The lowest BCUT2D eigenvalue weighted by atomic mass is 9.85. The number of nitrogens with zero attached hydrogens (tertiary/aromatic N) is 2. The molecule has 2 saturated heterocycles. The highest BCUT2D eigenvalue weighted by Gasteiger charge is 2.35. The summed E-state index contributed by atoms with van der Waals surface area (Å²) < 4.78 is 0. The number of carbonyl (C=O) groups is 2. The normalized spacial score (nSPS) is 25.0.